The number of anilines is 1. The normalized spacial score (nSPS) is 11.8. The third kappa shape index (κ3) is 7.97. The maximum absolute atomic E-state index is 14.0. The number of sulfonamides is 1. The van der Waals surface area contributed by atoms with E-state index in [1.807, 2.05) is 37.3 Å². The molecule has 0 aliphatic heterocycles. The van der Waals surface area contributed by atoms with Crippen LogP contribution in [-0.2, 0) is 26.0 Å². The van der Waals surface area contributed by atoms with Crippen LogP contribution < -0.4 is 19.1 Å². The van der Waals surface area contributed by atoms with E-state index in [4.69, 9.17) is 9.47 Å². The summed E-state index contributed by atoms with van der Waals surface area (Å²) in [7, 11) is -1.55. The highest BCUT2D eigenvalue weighted by Gasteiger charge is 2.32. The molecule has 0 aromatic heterocycles. The third-order valence-electron chi connectivity index (χ3n) is 6.54. The van der Waals surface area contributed by atoms with E-state index >= 15 is 0 Å². The Morgan fingerprint density at radius 2 is 1.61 bits per heavy atom. The summed E-state index contributed by atoms with van der Waals surface area (Å²) in [4.78, 5) is 28.0. The van der Waals surface area contributed by atoms with Crippen molar-refractivity contribution in [2.45, 2.75) is 37.6 Å². The fraction of sp³-hybridized carbons (Fsp3) is 0.333. The van der Waals surface area contributed by atoms with Crippen molar-refractivity contribution >= 4 is 27.5 Å². The summed E-state index contributed by atoms with van der Waals surface area (Å²) >= 11 is 0. The van der Waals surface area contributed by atoms with Crippen LogP contribution in [0.15, 0.2) is 77.7 Å². The lowest BCUT2D eigenvalue weighted by atomic mass is 10.1. The number of amides is 2. The first kappa shape index (κ1) is 31.4. The minimum atomic E-state index is -4.35. The number of methoxy groups -OCH3 is 2. The van der Waals surface area contributed by atoms with Gasteiger partial charge in [-0.1, -0.05) is 37.3 Å². The number of hydrogen-bond donors (Lipinski definition) is 1. The summed E-state index contributed by atoms with van der Waals surface area (Å²) in [6.45, 7) is 3.53. The second-order valence-electron chi connectivity index (χ2n) is 9.29. The van der Waals surface area contributed by atoms with Crippen molar-refractivity contribution in [2.75, 3.05) is 38.2 Å². The Kier molecular flexibility index (Phi) is 11.1. The number of carbonyl (C=O) groups is 2. The van der Waals surface area contributed by atoms with Crippen LogP contribution in [0.3, 0.4) is 0 Å². The highest BCUT2D eigenvalue weighted by molar-refractivity contribution is 7.92. The lowest BCUT2D eigenvalue weighted by molar-refractivity contribution is -0.138. The van der Waals surface area contributed by atoms with Gasteiger partial charge in [-0.05, 0) is 61.7 Å². The Bertz CT molecular complexity index is 1420. The molecule has 9 nitrogen and oxygen atoms in total. The first-order valence-electron chi connectivity index (χ1n) is 13.2. The number of nitrogens with one attached hydrogen (secondary N) is 1. The summed E-state index contributed by atoms with van der Waals surface area (Å²) in [5.41, 5.74) is 1.04. The van der Waals surface area contributed by atoms with Crippen LogP contribution in [0.25, 0.3) is 0 Å². The maximum Gasteiger partial charge on any atom is 0.264 e. The predicted octanol–water partition coefficient (Wildman–Crippen LogP) is 4.02. The fourth-order valence-electron chi connectivity index (χ4n) is 4.21. The molecule has 0 aliphatic carbocycles. The van der Waals surface area contributed by atoms with Gasteiger partial charge in [0.25, 0.3) is 10.0 Å². The number of ether oxygens (including phenoxy) is 2. The average Bonchev–Trinajstić information content (AvgIpc) is 2.99. The molecule has 0 spiro atoms. The molecule has 0 saturated heterocycles. The molecule has 1 N–H and O–H groups in total. The summed E-state index contributed by atoms with van der Waals surface area (Å²) in [6, 6.07) is 17.5. The zero-order valence-corrected chi connectivity index (χ0v) is 24.5. The smallest absolute Gasteiger partial charge is 0.264 e. The van der Waals surface area contributed by atoms with Crippen LogP contribution in [0.2, 0.25) is 0 Å². The topological polar surface area (TPSA) is 105 Å². The van der Waals surface area contributed by atoms with Crippen LogP contribution in [0.5, 0.6) is 11.5 Å². The zero-order valence-electron chi connectivity index (χ0n) is 23.7. The average molecular weight is 586 g/mol. The summed E-state index contributed by atoms with van der Waals surface area (Å²) in [5.74, 6) is -0.980. The minimum absolute atomic E-state index is 0.0839. The number of halogens is 1. The van der Waals surface area contributed by atoms with Gasteiger partial charge in [0, 0.05) is 19.2 Å². The van der Waals surface area contributed by atoms with Crippen molar-refractivity contribution in [2.24, 2.45) is 0 Å². The number of rotatable bonds is 14. The maximum atomic E-state index is 14.0. The molecular weight excluding hydrogens is 549 g/mol. The molecule has 0 fully saturated rings. The van der Waals surface area contributed by atoms with E-state index in [-0.39, 0.29) is 28.8 Å². The summed E-state index contributed by atoms with van der Waals surface area (Å²) in [6.07, 6.45) is 1.18. The van der Waals surface area contributed by atoms with Crippen LogP contribution in [0, 0.1) is 5.82 Å². The second kappa shape index (κ2) is 14.5. The van der Waals surface area contributed by atoms with E-state index in [1.54, 1.807) is 6.92 Å². The molecule has 0 saturated carbocycles. The monoisotopic (exact) mass is 585 g/mol. The molecule has 0 bridgehead atoms. The van der Waals surface area contributed by atoms with Crippen LogP contribution in [0.1, 0.15) is 25.8 Å². The van der Waals surface area contributed by atoms with Crippen molar-refractivity contribution in [1.29, 1.82) is 0 Å². The minimum Gasteiger partial charge on any atom is -0.493 e. The molecular formula is C30H36FN3O6S. The summed E-state index contributed by atoms with van der Waals surface area (Å²) in [5, 5.41) is 2.80. The highest BCUT2D eigenvalue weighted by atomic mass is 32.2. The molecule has 2 amide bonds. The van der Waals surface area contributed by atoms with E-state index < -0.39 is 34.3 Å². The highest BCUT2D eigenvalue weighted by Crippen LogP contribution is 2.32. The van der Waals surface area contributed by atoms with Crippen molar-refractivity contribution in [3.63, 3.8) is 0 Å². The molecule has 3 aromatic rings. The number of hydrogen-bond acceptors (Lipinski definition) is 6. The Labute approximate surface area is 240 Å². The van der Waals surface area contributed by atoms with E-state index in [2.05, 4.69) is 5.32 Å². The Hall–Kier alpha value is -4.12. The van der Waals surface area contributed by atoms with Gasteiger partial charge >= 0.3 is 0 Å². The van der Waals surface area contributed by atoms with Crippen molar-refractivity contribution in [3.05, 3.63) is 84.2 Å². The number of nitrogens with zero attached hydrogens (tertiary/aromatic N) is 2. The molecule has 1 atom stereocenters. The zero-order chi connectivity index (χ0) is 30.0. The first-order chi connectivity index (χ1) is 19.6. The SMILES string of the molecule is CCCNC(=O)[C@@H](C)N(CCc1ccccc1)C(=O)CN(c1ccc(F)cc1)S(=O)(=O)c1ccc(OC)c(OC)c1. The Balaban J connectivity index is 2.00. The van der Waals surface area contributed by atoms with E-state index in [9.17, 15) is 22.4 Å². The van der Waals surface area contributed by atoms with Crippen LogP contribution in [-0.4, -0.2) is 65.0 Å². The van der Waals surface area contributed by atoms with Gasteiger partial charge in [0.1, 0.15) is 18.4 Å². The molecule has 11 heteroatoms. The standard InChI is InChI=1S/C30H36FN3O6S/c1-5-18-32-30(36)22(2)33(19-17-23-9-7-6-8-10-23)29(35)21-34(25-13-11-24(31)12-14-25)41(37,38)26-15-16-27(39-3)28(20-26)40-4/h6-16,20,22H,5,17-19,21H2,1-4H3,(H,32,36)/t22-/m1/s1. The first-order valence-corrected chi connectivity index (χ1v) is 14.7. The van der Waals surface area contributed by atoms with Gasteiger partial charge in [-0.2, -0.15) is 0 Å². The quantitative estimate of drug-likeness (QED) is 0.306. The lowest BCUT2D eigenvalue weighted by Gasteiger charge is -2.32. The molecule has 0 unspecified atom stereocenters. The van der Waals surface area contributed by atoms with Gasteiger partial charge in [0.05, 0.1) is 24.8 Å². The Morgan fingerprint density at radius 3 is 2.22 bits per heavy atom. The molecule has 3 aromatic carbocycles. The molecule has 0 aliphatic rings. The largest absolute Gasteiger partial charge is 0.493 e. The van der Waals surface area contributed by atoms with E-state index in [0.717, 1.165) is 28.4 Å². The molecule has 41 heavy (non-hydrogen) atoms. The Morgan fingerprint density at radius 1 is 0.951 bits per heavy atom. The molecule has 220 valence electrons. The van der Waals surface area contributed by atoms with Gasteiger partial charge in [-0.3, -0.25) is 13.9 Å². The number of carbonyl (C=O) groups excluding carboxylic acids is 2. The van der Waals surface area contributed by atoms with Crippen LogP contribution >= 0.6 is 0 Å². The van der Waals surface area contributed by atoms with E-state index in [0.29, 0.717) is 18.7 Å². The summed E-state index contributed by atoms with van der Waals surface area (Å²) < 4.78 is 53.1. The van der Waals surface area contributed by atoms with Crippen molar-refractivity contribution < 1.29 is 31.9 Å². The fourth-order valence-corrected chi connectivity index (χ4v) is 5.64. The number of benzene rings is 3. The van der Waals surface area contributed by atoms with Gasteiger partial charge in [-0.15, -0.1) is 0 Å². The predicted molar refractivity (Wildman–Crippen MR) is 155 cm³/mol. The molecule has 0 heterocycles. The van der Waals surface area contributed by atoms with Gasteiger partial charge < -0.3 is 19.7 Å². The van der Waals surface area contributed by atoms with Crippen molar-refractivity contribution in [3.8, 4) is 11.5 Å². The van der Waals surface area contributed by atoms with E-state index in [1.165, 1.54) is 49.5 Å². The van der Waals surface area contributed by atoms with Crippen LogP contribution in [0.4, 0.5) is 10.1 Å². The van der Waals surface area contributed by atoms with Crippen molar-refractivity contribution in [1.82, 2.24) is 10.2 Å². The second-order valence-corrected chi connectivity index (χ2v) is 11.2. The van der Waals surface area contributed by atoms with Gasteiger partial charge in [-0.25, -0.2) is 12.8 Å². The molecule has 3 rings (SSSR count). The third-order valence-corrected chi connectivity index (χ3v) is 8.31. The lowest BCUT2D eigenvalue weighted by Crippen LogP contribution is -2.52. The van der Waals surface area contributed by atoms with Gasteiger partial charge in [0.15, 0.2) is 11.5 Å². The van der Waals surface area contributed by atoms with Gasteiger partial charge in [0.2, 0.25) is 11.8 Å². The molecule has 0 radical (unpaired) electrons.